The first-order valence-electron chi connectivity index (χ1n) is 9.68. The third kappa shape index (κ3) is 3.78. The van der Waals surface area contributed by atoms with Gasteiger partial charge in [0, 0.05) is 18.3 Å². The molecule has 0 bridgehead atoms. The van der Waals surface area contributed by atoms with Crippen molar-refractivity contribution < 1.29 is 17.6 Å². The first-order chi connectivity index (χ1) is 15.6. The standard InChI is InChI=1S/C20H14ClF3N6O2S/c1-9(2)17-28-29(19(31)13-4-14-12(30(13)17)5-15(21)33-14)8-16-26-27-18(32-16)10-3-11(7-25-6-10)20(22,23)24/h3-7,9H,8H2,1-2H3. The highest BCUT2D eigenvalue weighted by Crippen LogP contribution is 2.33. The van der Waals surface area contributed by atoms with Crippen molar-refractivity contribution in [2.24, 2.45) is 0 Å². The molecule has 5 aromatic heterocycles. The second-order valence-corrected chi connectivity index (χ2v) is 9.32. The number of fused-ring (bicyclic) bond motifs is 3. The van der Waals surface area contributed by atoms with Crippen molar-refractivity contribution in [3.63, 3.8) is 0 Å². The molecular formula is C20H14ClF3N6O2S. The maximum atomic E-state index is 13.1. The van der Waals surface area contributed by atoms with Gasteiger partial charge in [0.15, 0.2) is 0 Å². The molecule has 0 saturated heterocycles. The van der Waals surface area contributed by atoms with E-state index in [0.717, 1.165) is 16.3 Å². The van der Waals surface area contributed by atoms with Gasteiger partial charge in [-0.1, -0.05) is 25.4 Å². The molecule has 0 aromatic carbocycles. The highest BCUT2D eigenvalue weighted by Gasteiger charge is 2.31. The van der Waals surface area contributed by atoms with Crippen LogP contribution in [-0.4, -0.2) is 29.4 Å². The molecule has 0 aliphatic carbocycles. The Hall–Kier alpha value is -3.25. The predicted octanol–water partition coefficient (Wildman–Crippen LogP) is 5.00. The van der Waals surface area contributed by atoms with E-state index in [0.29, 0.717) is 21.9 Å². The number of pyridine rings is 1. The monoisotopic (exact) mass is 494 g/mol. The Morgan fingerprint density at radius 3 is 2.67 bits per heavy atom. The molecule has 0 amide bonds. The van der Waals surface area contributed by atoms with Gasteiger partial charge in [-0.3, -0.25) is 14.2 Å². The number of nitrogens with zero attached hydrogens (tertiary/aromatic N) is 6. The highest BCUT2D eigenvalue weighted by atomic mass is 35.5. The fourth-order valence-corrected chi connectivity index (χ4v) is 4.63. The molecule has 0 aliphatic heterocycles. The summed E-state index contributed by atoms with van der Waals surface area (Å²) < 4.78 is 48.9. The lowest BCUT2D eigenvalue weighted by molar-refractivity contribution is -0.137. The Kier molecular flexibility index (Phi) is 5.01. The number of halogens is 4. The Balaban J connectivity index is 1.55. The molecule has 0 spiro atoms. The van der Waals surface area contributed by atoms with Crippen LogP contribution in [0.15, 0.2) is 39.8 Å². The van der Waals surface area contributed by atoms with Crippen molar-refractivity contribution in [1.29, 1.82) is 0 Å². The Labute approximate surface area is 192 Å². The van der Waals surface area contributed by atoms with Crippen molar-refractivity contribution in [3.05, 3.63) is 62.6 Å². The smallest absolute Gasteiger partial charge is 0.417 e. The lowest BCUT2D eigenvalue weighted by atomic mass is 10.2. The van der Waals surface area contributed by atoms with E-state index in [1.54, 1.807) is 16.5 Å². The van der Waals surface area contributed by atoms with Gasteiger partial charge in [0.1, 0.15) is 17.9 Å². The topological polar surface area (TPSA) is 91.1 Å². The molecule has 0 unspecified atom stereocenters. The van der Waals surface area contributed by atoms with Crippen LogP contribution in [0.3, 0.4) is 0 Å². The maximum absolute atomic E-state index is 13.1. The summed E-state index contributed by atoms with van der Waals surface area (Å²) in [5.74, 6) is 0.492. The predicted molar refractivity (Wildman–Crippen MR) is 116 cm³/mol. The van der Waals surface area contributed by atoms with Gasteiger partial charge in [0.25, 0.3) is 5.56 Å². The number of rotatable bonds is 4. The first kappa shape index (κ1) is 21.6. The second kappa shape index (κ2) is 7.66. The Morgan fingerprint density at radius 2 is 1.94 bits per heavy atom. The van der Waals surface area contributed by atoms with E-state index in [1.165, 1.54) is 22.2 Å². The summed E-state index contributed by atoms with van der Waals surface area (Å²) >= 11 is 7.49. The van der Waals surface area contributed by atoms with E-state index in [2.05, 4.69) is 20.3 Å². The molecule has 0 fully saturated rings. The van der Waals surface area contributed by atoms with Crippen LogP contribution >= 0.6 is 22.9 Å². The zero-order chi connectivity index (χ0) is 23.5. The van der Waals surface area contributed by atoms with Crippen LogP contribution in [0.1, 0.15) is 37.0 Å². The number of hydrogen-bond donors (Lipinski definition) is 0. The molecule has 8 nitrogen and oxygen atoms in total. The highest BCUT2D eigenvalue weighted by molar-refractivity contribution is 7.22. The lowest BCUT2D eigenvalue weighted by Crippen LogP contribution is -2.28. The molecule has 13 heteroatoms. The minimum atomic E-state index is -4.55. The second-order valence-electron chi connectivity index (χ2n) is 7.60. The third-order valence-electron chi connectivity index (χ3n) is 4.95. The zero-order valence-corrected chi connectivity index (χ0v) is 18.7. The summed E-state index contributed by atoms with van der Waals surface area (Å²) in [5, 5.41) is 12.2. The van der Waals surface area contributed by atoms with E-state index in [4.69, 9.17) is 16.0 Å². The van der Waals surface area contributed by atoms with Gasteiger partial charge in [0.2, 0.25) is 11.8 Å². The minimum Gasteiger partial charge on any atom is -0.419 e. The Bertz CT molecular complexity index is 1570. The normalized spacial score (nSPS) is 12.5. The maximum Gasteiger partial charge on any atom is 0.417 e. The van der Waals surface area contributed by atoms with Crippen molar-refractivity contribution in [2.75, 3.05) is 0 Å². The van der Waals surface area contributed by atoms with Crippen molar-refractivity contribution in [3.8, 4) is 11.5 Å². The van der Waals surface area contributed by atoms with E-state index < -0.39 is 11.7 Å². The summed E-state index contributed by atoms with van der Waals surface area (Å²) in [6.07, 6.45) is -2.65. The van der Waals surface area contributed by atoms with E-state index in [-0.39, 0.29) is 35.4 Å². The fraction of sp³-hybridized carbons (Fsp3) is 0.250. The van der Waals surface area contributed by atoms with E-state index in [1.807, 2.05) is 13.8 Å². The SMILES string of the molecule is CC(C)c1nn(Cc2nnc(-c3cncc(C(F)(F)F)c3)o2)c(=O)c2cc3sc(Cl)cc3n12. The van der Waals surface area contributed by atoms with Crippen molar-refractivity contribution >= 4 is 38.7 Å². The molecule has 33 heavy (non-hydrogen) atoms. The molecule has 0 N–H and O–H groups in total. The largest absolute Gasteiger partial charge is 0.419 e. The van der Waals surface area contributed by atoms with Gasteiger partial charge in [0.05, 0.1) is 25.7 Å². The average Bonchev–Trinajstić information content (AvgIpc) is 3.44. The molecule has 5 aromatic rings. The number of hydrogen-bond acceptors (Lipinski definition) is 7. The van der Waals surface area contributed by atoms with Crippen LogP contribution in [0.4, 0.5) is 13.2 Å². The van der Waals surface area contributed by atoms with Gasteiger partial charge in [-0.2, -0.15) is 18.3 Å². The van der Waals surface area contributed by atoms with Crippen LogP contribution < -0.4 is 5.56 Å². The quantitative estimate of drug-likeness (QED) is 0.349. The van der Waals surface area contributed by atoms with E-state index >= 15 is 0 Å². The summed E-state index contributed by atoms with van der Waals surface area (Å²) in [7, 11) is 0. The van der Waals surface area contributed by atoms with Gasteiger partial charge >= 0.3 is 6.18 Å². The lowest BCUT2D eigenvalue weighted by Gasteiger charge is -2.12. The van der Waals surface area contributed by atoms with Gasteiger partial charge < -0.3 is 4.42 Å². The molecule has 0 aliphatic rings. The number of alkyl halides is 3. The number of thiophene rings is 1. The molecule has 5 heterocycles. The molecule has 0 radical (unpaired) electrons. The van der Waals surface area contributed by atoms with Gasteiger partial charge in [-0.05, 0) is 18.2 Å². The van der Waals surface area contributed by atoms with Crippen LogP contribution in [0, 0.1) is 0 Å². The summed E-state index contributed by atoms with van der Waals surface area (Å²) in [6, 6.07) is 4.42. The summed E-state index contributed by atoms with van der Waals surface area (Å²) in [5.41, 5.74) is -0.0608. The third-order valence-corrected chi connectivity index (χ3v) is 6.15. The average molecular weight is 495 g/mol. The van der Waals surface area contributed by atoms with Crippen molar-refractivity contribution in [1.82, 2.24) is 29.4 Å². The van der Waals surface area contributed by atoms with Crippen LogP contribution in [-0.2, 0) is 12.7 Å². The summed E-state index contributed by atoms with van der Waals surface area (Å²) in [4.78, 5) is 16.7. The fourth-order valence-electron chi connectivity index (χ4n) is 3.47. The zero-order valence-electron chi connectivity index (χ0n) is 17.1. The molecular weight excluding hydrogens is 481 g/mol. The summed E-state index contributed by atoms with van der Waals surface area (Å²) in [6.45, 7) is 3.75. The van der Waals surface area contributed by atoms with E-state index in [9.17, 15) is 18.0 Å². The van der Waals surface area contributed by atoms with Crippen LogP contribution in [0.5, 0.6) is 0 Å². The van der Waals surface area contributed by atoms with Gasteiger partial charge in [-0.15, -0.1) is 21.5 Å². The number of aromatic nitrogens is 6. The molecule has 0 saturated carbocycles. The van der Waals surface area contributed by atoms with Crippen LogP contribution in [0.2, 0.25) is 4.34 Å². The Morgan fingerprint density at radius 1 is 1.15 bits per heavy atom. The molecule has 5 rings (SSSR count). The molecule has 170 valence electrons. The molecule has 0 atom stereocenters. The van der Waals surface area contributed by atoms with Crippen molar-refractivity contribution in [2.45, 2.75) is 32.5 Å². The van der Waals surface area contributed by atoms with Gasteiger partial charge in [-0.25, -0.2) is 4.68 Å². The van der Waals surface area contributed by atoms with Crippen LogP contribution in [0.25, 0.3) is 27.2 Å². The first-order valence-corrected chi connectivity index (χ1v) is 10.9. The minimum absolute atomic E-state index is 0.0194.